The highest BCUT2D eigenvalue weighted by molar-refractivity contribution is 6.42. The summed E-state index contributed by atoms with van der Waals surface area (Å²) in [4.78, 5) is 26.9. The maximum atomic E-state index is 12.7. The van der Waals surface area contributed by atoms with Crippen molar-refractivity contribution in [2.24, 2.45) is 17.6 Å². The van der Waals surface area contributed by atoms with Crippen LogP contribution in [0, 0.1) is 11.8 Å². The number of rotatable bonds is 4. The monoisotopic (exact) mass is 419 g/mol. The van der Waals surface area contributed by atoms with Crippen molar-refractivity contribution in [3.63, 3.8) is 0 Å². The lowest BCUT2D eigenvalue weighted by molar-refractivity contribution is -0.133. The van der Waals surface area contributed by atoms with Gasteiger partial charge in [0.25, 0.3) is 0 Å². The van der Waals surface area contributed by atoms with Crippen molar-refractivity contribution < 1.29 is 9.59 Å². The molecule has 3 atom stereocenters. The van der Waals surface area contributed by atoms with Crippen molar-refractivity contribution >= 4 is 53.1 Å². The lowest BCUT2D eigenvalue weighted by atomic mass is 9.84. The molecule has 1 aliphatic carbocycles. The topological polar surface area (TPSA) is 75.4 Å². The fourth-order valence-electron chi connectivity index (χ4n) is 3.80. The minimum absolute atomic E-state index is 0. The molecule has 3 unspecified atom stereocenters. The van der Waals surface area contributed by atoms with Crippen LogP contribution in [0.25, 0.3) is 0 Å². The van der Waals surface area contributed by atoms with Crippen molar-refractivity contribution in [3.05, 3.63) is 28.2 Å². The Kier molecular flexibility index (Phi) is 7.59. The van der Waals surface area contributed by atoms with Crippen LogP contribution in [-0.2, 0) is 9.59 Å². The molecule has 3 rings (SSSR count). The van der Waals surface area contributed by atoms with Crippen molar-refractivity contribution in [3.8, 4) is 0 Å². The fraction of sp³-hybridized carbons (Fsp3) is 0.556. The van der Waals surface area contributed by atoms with Crippen LogP contribution >= 0.6 is 35.6 Å². The van der Waals surface area contributed by atoms with E-state index in [1.54, 1.807) is 23.1 Å². The third-order valence-electron chi connectivity index (χ3n) is 5.28. The zero-order chi connectivity index (χ0) is 18.0. The van der Waals surface area contributed by atoms with Crippen LogP contribution in [0.15, 0.2) is 18.2 Å². The van der Waals surface area contributed by atoms with Gasteiger partial charge in [-0.05, 0) is 49.9 Å². The predicted octanol–water partition coefficient (Wildman–Crippen LogP) is 3.40. The molecule has 2 aliphatic rings. The molecular weight excluding hydrogens is 397 g/mol. The normalized spacial score (nSPS) is 25.7. The average Bonchev–Trinajstić information content (AvgIpc) is 2.99. The van der Waals surface area contributed by atoms with Crippen LogP contribution in [0.3, 0.4) is 0 Å². The molecule has 2 amide bonds. The van der Waals surface area contributed by atoms with Gasteiger partial charge in [-0.15, -0.1) is 12.4 Å². The first-order chi connectivity index (χ1) is 12.0. The molecule has 1 aromatic rings. The third kappa shape index (κ3) is 4.45. The summed E-state index contributed by atoms with van der Waals surface area (Å²) >= 11 is 12.0. The van der Waals surface area contributed by atoms with E-state index in [9.17, 15) is 9.59 Å². The Morgan fingerprint density at radius 3 is 2.62 bits per heavy atom. The molecule has 26 heavy (non-hydrogen) atoms. The highest BCUT2D eigenvalue weighted by atomic mass is 35.5. The minimum atomic E-state index is -0.644. The molecule has 0 radical (unpaired) electrons. The maximum Gasteiger partial charge on any atom is 0.239 e. The number of halogens is 3. The number of anilines is 1. The van der Waals surface area contributed by atoms with E-state index in [-0.39, 0.29) is 30.3 Å². The molecule has 1 saturated heterocycles. The number of benzene rings is 1. The lowest BCUT2D eigenvalue weighted by Crippen LogP contribution is -2.48. The number of carbonyl (C=O) groups excluding carboxylic acids is 2. The summed E-state index contributed by atoms with van der Waals surface area (Å²) in [5.74, 6) is -0.705. The van der Waals surface area contributed by atoms with Crippen molar-refractivity contribution in [1.82, 2.24) is 5.32 Å². The van der Waals surface area contributed by atoms with E-state index < -0.39 is 5.92 Å². The second-order valence-electron chi connectivity index (χ2n) is 6.82. The summed E-state index contributed by atoms with van der Waals surface area (Å²) in [5.41, 5.74) is 6.50. The van der Waals surface area contributed by atoms with E-state index in [0.717, 1.165) is 25.7 Å². The lowest BCUT2D eigenvalue weighted by Gasteiger charge is -2.32. The van der Waals surface area contributed by atoms with Crippen molar-refractivity contribution in [2.45, 2.75) is 38.1 Å². The highest BCUT2D eigenvalue weighted by Crippen LogP contribution is 2.31. The zero-order valence-corrected chi connectivity index (χ0v) is 16.7. The zero-order valence-electron chi connectivity index (χ0n) is 14.4. The highest BCUT2D eigenvalue weighted by Gasteiger charge is 2.39. The molecule has 0 aromatic heterocycles. The van der Waals surface area contributed by atoms with Gasteiger partial charge in [0.05, 0.1) is 10.0 Å². The Balaban J connectivity index is 0.00000243. The first-order valence-electron chi connectivity index (χ1n) is 8.78. The second-order valence-corrected chi connectivity index (χ2v) is 7.64. The Morgan fingerprint density at radius 2 is 1.92 bits per heavy atom. The Hall–Kier alpha value is -1.01. The standard InChI is InChI=1S/C18H23Cl2N3O2.ClH/c19-14-6-5-12(9-15(14)20)23-8-7-13(18(23)25)17(24)22-16-4-2-1-3-11(16)10-21;/h5-6,9,11,13,16H,1-4,7-8,10,21H2,(H,22,24);1H. The summed E-state index contributed by atoms with van der Waals surface area (Å²) in [6.07, 6.45) is 4.72. The number of amides is 2. The molecule has 1 aromatic carbocycles. The summed E-state index contributed by atoms with van der Waals surface area (Å²) < 4.78 is 0. The molecule has 0 bridgehead atoms. The fourth-order valence-corrected chi connectivity index (χ4v) is 4.09. The predicted molar refractivity (Wildman–Crippen MR) is 107 cm³/mol. The summed E-state index contributed by atoms with van der Waals surface area (Å²) in [6.45, 7) is 1.07. The molecule has 8 heteroatoms. The van der Waals surface area contributed by atoms with Gasteiger partial charge in [-0.1, -0.05) is 36.0 Å². The van der Waals surface area contributed by atoms with Crippen molar-refractivity contribution in [1.29, 1.82) is 0 Å². The van der Waals surface area contributed by atoms with E-state index >= 15 is 0 Å². The number of hydrogen-bond donors (Lipinski definition) is 2. The molecule has 1 heterocycles. The summed E-state index contributed by atoms with van der Waals surface area (Å²) in [6, 6.07) is 5.15. The molecule has 144 valence electrons. The van der Waals surface area contributed by atoms with Crippen LogP contribution in [0.1, 0.15) is 32.1 Å². The Morgan fingerprint density at radius 1 is 1.19 bits per heavy atom. The first-order valence-corrected chi connectivity index (χ1v) is 9.53. The smallest absolute Gasteiger partial charge is 0.239 e. The third-order valence-corrected chi connectivity index (χ3v) is 6.02. The van der Waals surface area contributed by atoms with E-state index in [1.165, 1.54) is 0 Å². The SMILES string of the molecule is Cl.NCC1CCCCC1NC(=O)C1CCN(c2ccc(Cl)c(Cl)c2)C1=O. The second kappa shape index (κ2) is 9.27. The van der Waals surface area contributed by atoms with Gasteiger partial charge in [-0.3, -0.25) is 9.59 Å². The van der Waals surface area contributed by atoms with E-state index in [2.05, 4.69) is 5.32 Å². The van der Waals surface area contributed by atoms with E-state index in [1.807, 2.05) is 0 Å². The number of hydrogen-bond acceptors (Lipinski definition) is 3. The van der Waals surface area contributed by atoms with Gasteiger partial charge >= 0.3 is 0 Å². The van der Waals surface area contributed by atoms with E-state index in [0.29, 0.717) is 41.2 Å². The average molecular weight is 421 g/mol. The largest absolute Gasteiger partial charge is 0.352 e. The van der Waals surface area contributed by atoms with Crippen LogP contribution < -0.4 is 16.0 Å². The molecule has 2 fully saturated rings. The summed E-state index contributed by atoms with van der Waals surface area (Å²) in [5, 5.41) is 3.91. The number of nitrogens with zero attached hydrogens (tertiary/aromatic N) is 1. The van der Waals surface area contributed by atoms with Gasteiger partial charge in [0.15, 0.2) is 0 Å². The first kappa shape index (κ1) is 21.3. The van der Waals surface area contributed by atoms with Crippen LogP contribution in [-0.4, -0.2) is 30.9 Å². The van der Waals surface area contributed by atoms with Crippen LogP contribution in [0.4, 0.5) is 5.69 Å². The molecule has 0 spiro atoms. The van der Waals surface area contributed by atoms with Gasteiger partial charge in [-0.25, -0.2) is 0 Å². The number of carbonyl (C=O) groups is 2. The molecule has 5 nitrogen and oxygen atoms in total. The quantitative estimate of drug-likeness (QED) is 0.733. The van der Waals surface area contributed by atoms with Gasteiger partial charge in [0.2, 0.25) is 11.8 Å². The molecular formula is C18H24Cl3N3O2. The summed E-state index contributed by atoms with van der Waals surface area (Å²) in [7, 11) is 0. The number of nitrogens with two attached hydrogens (primary N) is 1. The van der Waals surface area contributed by atoms with Gasteiger partial charge in [0, 0.05) is 18.3 Å². The van der Waals surface area contributed by atoms with Gasteiger partial charge < -0.3 is 16.0 Å². The van der Waals surface area contributed by atoms with Gasteiger partial charge in [0.1, 0.15) is 5.92 Å². The van der Waals surface area contributed by atoms with Gasteiger partial charge in [-0.2, -0.15) is 0 Å². The maximum absolute atomic E-state index is 12.7. The Labute approximate surface area is 170 Å². The van der Waals surface area contributed by atoms with Crippen LogP contribution in [0.5, 0.6) is 0 Å². The van der Waals surface area contributed by atoms with E-state index in [4.69, 9.17) is 28.9 Å². The molecule has 1 aliphatic heterocycles. The Bertz CT molecular complexity index is 671. The van der Waals surface area contributed by atoms with Crippen molar-refractivity contribution in [2.75, 3.05) is 18.0 Å². The molecule has 1 saturated carbocycles. The van der Waals surface area contributed by atoms with Crippen LogP contribution in [0.2, 0.25) is 10.0 Å². The number of nitrogens with one attached hydrogen (secondary N) is 1. The minimum Gasteiger partial charge on any atom is -0.352 e. The molecule has 3 N–H and O–H groups in total.